The molecule has 1 aromatic carbocycles. The third kappa shape index (κ3) is 4.02. The van der Waals surface area contributed by atoms with E-state index < -0.39 is 25.8 Å². The first kappa shape index (κ1) is 13.5. The fraction of sp³-hybridized carbons (Fsp3) is 0. The molecule has 1 rings (SSSR count). The van der Waals surface area contributed by atoms with Crippen LogP contribution >= 0.6 is 0 Å². The first-order chi connectivity index (χ1) is 5.54. The molecule has 0 aliphatic heterocycles. The van der Waals surface area contributed by atoms with E-state index in [0.29, 0.717) is 4.35 Å². The van der Waals surface area contributed by atoms with E-state index in [1.165, 1.54) is 24.3 Å². The van der Waals surface area contributed by atoms with Crippen LogP contribution < -0.4 is 4.35 Å². The smallest absolute Gasteiger partial charge is 0 e. The molecule has 1 aromatic rings. The van der Waals surface area contributed by atoms with Gasteiger partial charge in [0.2, 0.25) is 0 Å². The Kier molecular flexibility index (Phi) is 5.59. The summed E-state index contributed by atoms with van der Waals surface area (Å²) in [7, 11) is -4.11. The SMILES string of the molecule is O=[AsH2]c1ccc(S(=O)(=O)O)cc1.[Na]. The summed E-state index contributed by atoms with van der Waals surface area (Å²) in [5.41, 5.74) is 0. The molecule has 0 aliphatic carbocycles. The van der Waals surface area contributed by atoms with Gasteiger partial charge >= 0.3 is 76.0 Å². The van der Waals surface area contributed by atoms with E-state index >= 15 is 0 Å². The summed E-state index contributed by atoms with van der Waals surface area (Å²) in [6, 6.07) is 5.35. The molecule has 1 radical (unpaired) electrons. The number of benzene rings is 1. The molecular formula is C6H7AsNaO4S. The monoisotopic (exact) mass is 273 g/mol. The molecule has 0 saturated carbocycles. The van der Waals surface area contributed by atoms with Gasteiger partial charge in [-0.15, -0.1) is 0 Å². The van der Waals surface area contributed by atoms with Crippen LogP contribution in [0.5, 0.6) is 0 Å². The van der Waals surface area contributed by atoms with Crippen LogP contribution in [0.1, 0.15) is 0 Å². The van der Waals surface area contributed by atoms with Gasteiger partial charge in [0.25, 0.3) is 0 Å². The van der Waals surface area contributed by atoms with Crippen molar-refractivity contribution in [2.24, 2.45) is 0 Å². The van der Waals surface area contributed by atoms with Crippen molar-refractivity contribution in [3.63, 3.8) is 0 Å². The van der Waals surface area contributed by atoms with Gasteiger partial charge in [0.1, 0.15) is 0 Å². The Balaban J connectivity index is 0.00000144. The maximum atomic E-state index is 10.5. The second kappa shape index (κ2) is 5.39. The quantitative estimate of drug-likeness (QED) is 0.536. The predicted molar refractivity (Wildman–Crippen MR) is 50.9 cm³/mol. The summed E-state index contributed by atoms with van der Waals surface area (Å²) in [4.78, 5) is -0.170. The van der Waals surface area contributed by atoms with E-state index in [9.17, 15) is 12.2 Å². The molecule has 7 heteroatoms. The predicted octanol–water partition coefficient (Wildman–Crippen LogP) is -1.31. The Hall–Kier alpha value is 0.488. The summed E-state index contributed by atoms with van der Waals surface area (Å²) in [6.07, 6.45) is 0. The fourth-order valence-corrected chi connectivity index (χ4v) is 1.93. The largest absolute Gasteiger partial charge is 0 e. The van der Waals surface area contributed by atoms with Gasteiger partial charge in [0.15, 0.2) is 0 Å². The fourth-order valence-electron chi connectivity index (χ4n) is 0.718. The van der Waals surface area contributed by atoms with E-state index in [0.717, 1.165) is 0 Å². The van der Waals surface area contributed by atoms with Crippen LogP contribution in [0.3, 0.4) is 0 Å². The Morgan fingerprint density at radius 3 is 1.92 bits per heavy atom. The van der Waals surface area contributed by atoms with Crippen LogP contribution in [0, 0.1) is 0 Å². The maximum Gasteiger partial charge on any atom is 0 e. The molecule has 0 amide bonds. The van der Waals surface area contributed by atoms with Crippen molar-refractivity contribution in [3.8, 4) is 0 Å². The first-order valence-corrected chi connectivity index (χ1v) is 6.71. The molecule has 67 valence electrons. The topological polar surface area (TPSA) is 71.4 Å². The molecular weight excluding hydrogens is 266 g/mol. The maximum absolute atomic E-state index is 10.5. The summed E-state index contributed by atoms with van der Waals surface area (Å²) in [5.74, 6) is 0. The molecule has 13 heavy (non-hydrogen) atoms. The normalized spacial score (nSPS) is 11.5. The standard InChI is InChI=1S/C6H7AsO4S.Na/c8-7-5-1-3-6(4-2-5)12(9,10)11;/h1-4H,7H2,(H,9,10,11);. The second-order valence-electron chi connectivity index (χ2n) is 2.16. The number of hydrogen-bond acceptors (Lipinski definition) is 3. The van der Waals surface area contributed by atoms with Crippen LogP contribution in [0.15, 0.2) is 29.2 Å². The van der Waals surface area contributed by atoms with Crippen molar-refractivity contribution in [1.82, 2.24) is 0 Å². The zero-order chi connectivity index (χ0) is 9.19. The van der Waals surface area contributed by atoms with Crippen molar-refractivity contribution in [2.45, 2.75) is 4.90 Å². The van der Waals surface area contributed by atoms with Gasteiger partial charge in [0, 0.05) is 29.6 Å². The minimum Gasteiger partial charge on any atom is 0 e. The number of rotatable bonds is 2. The Morgan fingerprint density at radius 2 is 1.62 bits per heavy atom. The van der Waals surface area contributed by atoms with Gasteiger partial charge in [-0.25, -0.2) is 0 Å². The van der Waals surface area contributed by atoms with E-state index in [1.807, 2.05) is 0 Å². The average molecular weight is 273 g/mol. The molecule has 0 aliphatic rings. The molecule has 1 unspecified atom stereocenters. The third-order valence-electron chi connectivity index (χ3n) is 1.31. The van der Waals surface area contributed by atoms with Gasteiger partial charge in [-0.2, -0.15) is 0 Å². The van der Waals surface area contributed by atoms with Crippen LogP contribution in [-0.2, 0) is 13.9 Å². The van der Waals surface area contributed by atoms with Gasteiger partial charge < -0.3 is 0 Å². The van der Waals surface area contributed by atoms with Gasteiger partial charge in [-0.05, 0) is 0 Å². The Labute approximate surface area is 105 Å². The van der Waals surface area contributed by atoms with Crippen molar-refractivity contribution >= 4 is 59.7 Å². The molecule has 0 aromatic heterocycles. The van der Waals surface area contributed by atoms with Crippen molar-refractivity contribution in [2.75, 3.05) is 0 Å². The molecule has 1 atom stereocenters. The number of hydrogen-bond donors (Lipinski definition) is 1. The summed E-state index contributed by atoms with van der Waals surface area (Å²) >= 11 is -1.63. The van der Waals surface area contributed by atoms with Crippen LogP contribution in [-0.4, -0.2) is 58.2 Å². The molecule has 0 heterocycles. The zero-order valence-corrected chi connectivity index (χ0v) is 12.2. The minimum atomic E-state index is -4.11. The van der Waals surface area contributed by atoms with Gasteiger partial charge in [-0.3, -0.25) is 0 Å². The van der Waals surface area contributed by atoms with Gasteiger partial charge in [0.05, 0.1) is 0 Å². The van der Waals surface area contributed by atoms with Crippen molar-refractivity contribution in [3.05, 3.63) is 24.3 Å². The average Bonchev–Trinajstić information content (AvgIpc) is 2.03. The Bertz CT molecular complexity index is 386. The molecule has 0 fully saturated rings. The van der Waals surface area contributed by atoms with E-state index in [2.05, 4.69) is 0 Å². The van der Waals surface area contributed by atoms with Crippen LogP contribution in [0.2, 0.25) is 0 Å². The summed E-state index contributed by atoms with van der Waals surface area (Å²) in [5, 5.41) is 0. The van der Waals surface area contributed by atoms with Gasteiger partial charge in [-0.1, -0.05) is 0 Å². The zero-order valence-electron chi connectivity index (χ0n) is 6.97. The Morgan fingerprint density at radius 1 is 1.15 bits per heavy atom. The van der Waals surface area contributed by atoms with E-state index in [1.54, 1.807) is 0 Å². The van der Waals surface area contributed by atoms with Crippen LogP contribution in [0.4, 0.5) is 0 Å². The summed E-state index contributed by atoms with van der Waals surface area (Å²) < 4.78 is 40.7. The molecule has 0 spiro atoms. The molecule has 0 saturated heterocycles. The molecule has 4 nitrogen and oxygen atoms in total. The summed E-state index contributed by atoms with van der Waals surface area (Å²) in [6.45, 7) is 0. The van der Waals surface area contributed by atoms with Crippen LogP contribution in [0.25, 0.3) is 0 Å². The van der Waals surface area contributed by atoms with Crippen molar-refractivity contribution < 1.29 is 16.7 Å². The minimum absolute atomic E-state index is 0. The van der Waals surface area contributed by atoms with Crippen molar-refractivity contribution in [1.29, 1.82) is 0 Å². The molecule has 1 N–H and O–H groups in total. The van der Waals surface area contributed by atoms with E-state index in [-0.39, 0.29) is 34.5 Å². The van der Waals surface area contributed by atoms with E-state index in [4.69, 9.17) is 4.55 Å². The second-order valence-corrected chi connectivity index (χ2v) is 5.48. The first-order valence-electron chi connectivity index (χ1n) is 3.07. The third-order valence-corrected chi connectivity index (χ3v) is 3.56. The molecule has 0 bridgehead atoms.